The van der Waals surface area contributed by atoms with Crippen LogP contribution < -0.4 is 5.32 Å². The molecule has 1 aromatic heterocycles. The lowest BCUT2D eigenvalue weighted by molar-refractivity contribution is -0.387. The predicted molar refractivity (Wildman–Crippen MR) is 74.2 cm³/mol. The minimum Gasteiger partial charge on any atom is -0.329 e. The Hall–Kier alpha value is -2.28. The number of benzene rings is 1. The molecular formula is C14H15FN4O2. The average molecular weight is 290 g/mol. The van der Waals surface area contributed by atoms with Gasteiger partial charge in [0.2, 0.25) is 5.82 Å². The smallest absolute Gasteiger partial charge is 0.304 e. The van der Waals surface area contributed by atoms with Gasteiger partial charge < -0.3 is 9.88 Å². The second kappa shape index (κ2) is 5.61. The Morgan fingerprint density at radius 3 is 2.95 bits per heavy atom. The molecule has 3 rings (SSSR count). The number of rotatable bonds is 6. The molecule has 0 bridgehead atoms. The third kappa shape index (κ3) is 3.25. The van der Waals surface area contributed by atoms with Crippen LogP contribution in [0.4, 0.5) is 10.1 Å². The number of hydrogen-bond donors (Lipinski definition) is 1. The number of halogens is 1. The van der Waals surface area contributed by atoms with Crippen LogP contribution in [0.2, 0.25) is 0 Å². The maximum absolute atomic E-state index is 13.6. The summed E-state index contributed by atoms with van der Waals surface area (Å²) in [5.74, 6) is 0.0657. The van der Waals surface area contributed by atoms with E-state index in [1.165, 1.54) is 25.0 Å². The molecule has 1 aliphatic carbocycles. The molecule has 2 aromatic rings. The standard InChI is InChI=1S/C14H15FN4O2/c15-12-7-10(1-4-13(12)19(20)21)9-18-6-5-16-14(18)8-17-11-2-3-11/h1,4-7,11,17H,2-3,8-9H2. The van der Waals surface area contributed by atoms with Crippen LogP contribution in [0.15, 0.2) is 30.6 Å². The molecule has 0 radical (unpaired) electrons. The normalized spacial score (nSPS) is 14.3. The minimum atomic E-state index is -0.810. The zero-order valence-electron chi connectivity index (χ0n) is 11.3. The first-order valence-corrected chi connectivity index (χ1v) is 6.79. The van der Waals surface area contributed by atoms with Crippen molar-refractivity contribution in [2.24, 2.45) is 0 Å². The Labute approximate surface area is 120 Å². The van der Waals surface area contributed by atoms with Crippen LogP contribution in [-0.2, 0) is 13.1 Å². The van der Waals surface area contributed by atoms with Gasteiger partial charge >= 0.3 is 5.69 Å². The zero-order chi connectivity index (χ0) is 14.8. The SMILES string of the molecule is O=[N+]([O-])c1ccc(Cn2ccnc2CNC2CC2)cc1F. The Morgan fingerprint density at radius 1 is 1.48 bits per heavy atom. The van der Waals surface area contributed by atoms with Gasteiger partial charge in [0.05, 0.1) is 11.5 Å². The molecule has 6 nitrogen and oxygen atoms in total. The second-order valence-corrected chi connectivity index (χ2v) is 5.17. The van der Waals surface area contributed by atoms with Crippen molar-refractivity contribution in [2.75, 3.05) is 0 Å². The van der Waals surface area contributed by atoms with Crippen LogP contribution in [0.5, 0.6) is 0 Å². The number of hydrogen-bond acceptors (Lipinski definition) is 4. The first-order valence-electron chi connectivity index (χ1n) is 6.79. The highest BCUT2D eigenvalue weighted by molar-refractivity contribution is 5.35. The van der Waals surface area contributed by atoms with Crippen molar-refractivity contribution in [3.8, 4) is 0 Å². The van der Waals surface area contributed by atoms with E-state index in [-0.39, 0.29) is 0 Å². The molecule has 21 heavy (non-hydrogen) atoms. The summed E-state index contributed by atoms with van der Waals surface area (Å²) in [5.41, 5.74) is 0.170. The number of nitro groups is 1. The van der Waals surface area contributed by atoms with E-state index >= 15 is 0 Å². The number of aromatic nitrogens is 2. The largest absolute Gasteiger partial charge is 0.329 e. The molecule has 0 amide bonds. The van der Waals surface area contributed by atoms with E-state index in [9.17, 15) is 14.5 Å². The van der Waals surface area contributed by atoms with E-state index in [4.69, 9.17) is 0 Å². The van der Waals surface area contributed by atoms with E-state index in [0.29, 0.717) is 24.7 Å². The van der Waals surface area contributed by atoms with Gasteiger partial charge in [-0.3, -0.25) is 10.1 Å². The van der Waals surface area contributed by atoms with Gasteiger partial charge in [-0.05, 0) is 24.5 Å². The van der Waals surface area contributed by atoms with Gasteiger partial charge in [0.15, 0.2) is 0 Å². The monoisotopic (exact) mass is 290 g/mol. The summed E-state index contributed by atoms with van der Waals surface area (Å²) in [6.07, 6.45) is 5.93. The molecule has 1 fully saturated rings. The third-order valence-corrected chi connectivity index (χ3v) is 3.49. The van der Waals surface area contributed by atoms with Crippen molar-refractivity contribution in [3.05, 3.63) is 57.9 Å². The lowest BCUT2D eigenvalue weighted by Crippen LogP contribution is -2.19. The van der Waals surface area contributed by atoms with Crippen LogP contribution in [0.3, 0.4) is 0 Å². The molecule has 1 heterocycles. The first kappa shape index (κ1) is 13.7. The summed E-state index contributed by atoms with van der Waals surface area (Å²) in [6, 6.07) is 4.56. The third-order valence-electron chi connectivity index (χ3n) is 3.49. The van der Waals surface area contributed by atoms with Gasteiger partial charge in [0.25, 0.3) is 0 Å². The van der Waals surface area contributed by atoms with Gasteiger partial charge in [-0.15, -0.1) is 0 Å². The van der Waals surface area contributed by atoms with Crippen molar-refractivity contribution in [1.29, 1.82) is 0 Å². The summed E-state index contributed by atoms with van der Waals surface area (Å²) < 4.78 is 15.5. The predicted octanol–water partition coefficient (Wildman–Crippen LogP) is 2.23. The van der Waals surface area contributed by atoms with Crippen molar-refractivity contribution in [3.63, 3.8) is 0 Å². The van der Waals surface area contributed by atoms with Crippen molar-refractivity contribution in [2.45, 2.75) is 32.0 Å². The highest BCUT2D eigenvalue weighted by Gasteiger charge is 2.21. The molecule has 1 saturated carbocycles. The maximum Gasteiger partial charge on any atom is 0.304 e. The molecular weight excluding hydrogens is 275 g/mol. The number of nitro benzene ring substituents is 1. The summed E-state index contributed by atoms with van der Waals surface area (Å²) in [4.78, 5) is 14.2. The van der Waals surface area contributed by atoms with Crippen molar-refractivity contribution in [1.82, 2.24) is 14.9 Å². The summed E-state index contributed by atoms with van der Waals surface area (Å²) in [6.45, 7) is 1.11. The van der Waals surface area contributed by atoms with Crippen LogP contribution in [0.1, 0.15) is 24.2 Å². The average Bonchev–Trinajstić information content (AvgIpc) is 3.17. The second-order valence-electron chi connectivity index (χ2n) is 5.17. The fraction of sp³-hybridized carbons (Fsp3) is 0.357. The van der Waals surface area contributed by atoms with Gasteiger partial charge in [-0.2, -0.15) is 4.39 Å². The van der Waals surface area contributed by atoms with E-state index in [1.807, 2.05) is 10.8 Å². The molecule has 0 spiro atoms. The quantitative estimate of drug-likeness (QED) is 0.654. The Kier molecular flexibility index (Phi) is 3.66. The van der Waals surface area contributed by atoms with E-state index in [2.05, 4.69) is 10.3 Å². The topological polar surface area (TPSA) is 73.0 Å². The number of nitrogens with zero attached hydrogens (tertiary/aromatic N) is 3. The van der Waals surface area contributed by atoms with Gasteiger partial charge in [0.1, 0.15) is 5.82 Å². The Balaban J connectivity index is 1.72. The van der Waals surface area contributed by atoms with Crippen LogP contribution in [0, 0.1) is 15.9 Å². The lowest BCUT2D eigenvalue weighted by atomic mass is 10.2. The zero-order valence-corrected chi connectivity index (χ0v) is 11.3. The molecule has 0 unspecified atom stereocenters. The maximum atomic E-state index is 13.6. The highest BCUT2D eigenvalue weighted by atomic mass is 19.1. The van der Waals surface area contributed by atoms with Gasteiger partial charge in [-0.1, -0.05) is 6.07 Å². The Morgan fingerprint density at radius 2 is 2.29 bits per heavy atom. The molecule has 7 heteroatoms. The first-order chi connectivity index (χ1) is 10.1. The van der Waals surface area contributed by atoms with E-state index < -0.39 is 16.4 Å². The molecule has 0 saturated heterocycles. The van der Waals surface area contributed by atoms with Gasteiger partial charge in [-0.25, -0.2) is 4.98 Å². The summed E-state index contributed by atoms with van der Waals surface area (Å²) in [5, 5.41) is 14.0. The lowest BCUT2D eigenvalue weighted by Gasteiger charge is -2.09. The molecule has 0 atom stereocenters. The van der Waals surface area contributed by atoms with Gasteiger partial charge in [0, 0.05) is 31.0 Å². The highest BCUT2D eigenvalue weighted by Crippen LogP contribution is 2.20. The molecule has 1 N–H and O–H groups in total. The Bertz CT molecular complexity index is 667. The number of imidazole rings is 1. The fourth-order valence-electron chi connectivity index (χ4n) is 2.17. The number of nitrogens with one attached hydrogen (secondary N) is 1. The fourth-order valence-corrected chi connectivity index (χ4v) is 2.17. The summed E-state index contributed by atoms with van der Waals surface area (Å²) in [7, 11) is 0. The van der Waals surface area contributed by atoms with Crippen molar-refractivity contribution < 1.29 is 9.31 Å². The van der Waals surface area contributed by atoms with E-state index in [0.717, 1.165) is 5.82 Å². The van der Waals surface area contributed by atoms with Crippen molar-refractivity contribution >= 4 is 5.69 Å². The summed E-state index contributed by atoms with van der Waals surface area (Å²) >= 11 is 0. The molecule has 1 aromatic carbocycles. The molecule has 1 aliphatic rings. The van der Waals surface area contributed by atoms with Crippen LogP contribution in [0.25, 0.3) is 0 Å². The minimum absolute atomic E-state index is 0.441. The van der Waals surface area contributed by atoms with Crippen LogP contribution in [-0.4, -0.2) is 20.5 Å². The van der Waals surface area contributed by atoms with E-state index in [1.54, 1.807) is 12.3 Å². The van der Waals surface area contributed by atoms with Crippen LogP contribution >= 0.6 is 0 Å². The molecule has 110 valence electrons. The molecule has 0 aliphatic heterocycles.